The fraction of sp³-hybridized carbons (Fsp3) is 0.450. The van der Waals surface area contributed by atoms with Gasteiger partial charge in [-0.2, -0.15) is 0 Å². The highest BCUT2D eigenvalue weighted by Gasteiger charge is 2.35. The molecule has 0 unspecified atom stereocenters. The predicted octanol–water partition coefficient (Wildman–Crippen LogP) is 4.67. The highest BCUT2D eigenvalue weighted by molar-refractivity contribution is 6.31. The monoisotopic (exact) mass is 344 g/mol. The quantitative estimate of drug-likeness (QED) is 0.489. The molecular formula is C20H25ClN2O. The van der Waals surface area contributed by atoms with E-state index in [2.05, 4.69) is 52.5 Å². The van der Waals surface area contributed by atoms with E-state index >= 15 is 0 Å². The van der Waals surface area contributed by atoms with E-state index in [-0.39, 0.29) is 0 Å². The van der Waals surface area contributed by atoms with Crippen LogP contribution in [0.1, 0.15) is 25.3 Å². The van der Waals surface area contributed by atoms with E-state index in [1.807, 2.05) is 13.0 Å². The van der Waals surface area contributed by atoms with Crippen LogP contribution in [-0.4, -0.2) is 28.9 Å². The summed E-state index contributed by atoms with van der Waals surface area (Å²) in [6, 6.07) is 10.6. The van der Waals surface area contributed by atoms with Gasteiger partial charge in [-0.15, -0.1) is 0 Å². The standard InChI is InChI=1S/C20H25ClN2O/c1-15(22-24)19-11-12-23(13-16-5-3-2-4-6-16)14-20(19)17-7-9-18(21)10-8-17/h2-7,9-10,17,19-20,24H,8,11-14H2,1H3/b22-15+/t17-,19+,20+/m0/s1. The largest absolute Gasteiger partial charge is 0.411 e. The molecule has 0 radical (unpaired) electrons. The molecule has 0 aromatic heterocycles. The summed E-state index contributed by atoms with van der Waals surface area (Å²) in [6.45, 7) is 4.98. The van der Waals surface area contributed by atoms with Crippen molar-refractivity contribution >= 4 is 17.3 Å². The van der Waals surface area contributed by atoms with Crippen LogP contribution in [0.15, 0.2) is 58.7 Å². The van der Waals surface area contributed by atoms with Crippen molar-refractivity contribution in [2.45, 2.75) is 26.3 Å². The summed E-state index contributed by atoms with van der Waals surface area (Å²) >= 11 is 6.08. The lowest BCUT2D eigenvalue weighted by atomic mass is 9.73. The van der Waals surface area contributed by atoms with E-state index in [1.54, 1.807) is 0 Å². The second kappa shape index (κ2) is 8.00. The molecule has 0 saturated carbocycles. The summed E-state index contributed by atoms with van der Waals surface area (Å²) in [4.78, 5) is 2.52. The van der Waals surface area contributed by atoms with Crippen LogP contribution >= 0.6 is 11.6 Å². The van der Waals surface area contributed by atoms with E-state index in [1.165, 1.54) is 5.56 Å². The lowest BCUT2D eigenvalue weighted by molar-refractivity contribution is 0.114. The molecule has 1 saturated heterocycles. The molecule has 1 heterocycles. The maximum absolute atomic E-state index is 9.27. The highest BCUT2D eigenvalue weighted by atomic mass is 35.5. The average Bonchev–Trinajstić information content (AvgIpc) is 2.62. The van der Waals surface area contributed by atoms with Crippen molar-refractivity contribution < 1.29 is 5.21 Å². The summed E-state index contributed by atoms with van der Waals surface area (Å²) in [7, 11) is 0. The van der Waals surface area contributed by atoms with Crippen molar-refractivity contribution in [3.63, 3.8) is 0 Å². The maximum atomic E-state index is 9.27. The maximum Gasteiger partial charge on any atom is 0.0574 e. The summed E-state index contributed by atoms with van der Waals surface area (Å²) in [5, 5.41) is 13.6. The molecule has 3 atom stereocenters. The van der Waals surface area contributed by atoms with Crippen LogP contribution < -0.4 is 0 Å². The Morgan fingerprint density at radius 3 is 2.79 bits per heavy atom. The molecule has 3 rings (SSSR count). The number of hydrogen-bond donors (Lipinski definition) is 1. The molecule has 4 heteroatoms. The van der Waals surface area contributed by atoms with Gasteiger partial charge in [0.2, 0.25) is 0 Å². The van der Waals surface area contributed by atoms with Gasteiger partial charge in [-0.3, -0.25) is 4.90 Å². The number of allylic oxidation sites excluding steroid dienone is 4. The summed E-state index contributed by atoms with van der Waals surface area (Å²) < 4.78 is 0. The van der Waals surface area contributed by atoms with Crippen LogP contribution in [0.4, 0.5) is 0 Å². The molecule has 0 spiro atoms. The van der Waals surface area contributed by atoms with Crippen LogP contribution in [0.3, 0.4) is 0 Å². The predicted molar refractivity (Wildman–Crippen MR) is 99.4 cm³/mol. The Labute approximate surface area is 149 Å². The molecule has 0 amide bonds. The lowest BCUT2D eigenvalue weighted by Crippen LogP contribution is -2.45. The molecule has 2 aliphatic rings. The van der Waals surface area contributed by atoms with Crippen LogP contribution in [0.5, 0.6) is 0 Å². The van der Waals surface area contributed by atoms with Crippen LogP contribution in [0, 0.1) is 17.8 Å². The molecule has 3 nitrogen and oxygen atoms in total. The Balaban J connectivity index is 1.73. The topological polar surface area (TPSA) is 35.8 Å². The van der Waals surface area contributed by atoms with Crippen molar-refractivity contribution in [3.05, 3.63) is 59.2 Å². The summed E-state index contributed by atoms with van der Waals surface area (Å²) in [5.74, 6) is 1.24. The first-order valence-corrected chi connectivity index (χ1v) is 9.04. The third-order valence-corrected chi connectivity index (χ3v) is 5.60. The number of halogens is 1. The van der Waals surface area contributed by atoms with Gasteiger partial charge < -0.3 is 5.21 Å². The third-order valence-electron chi connectivity index (χ3n) is 5.32. The minimum absolute atomic E-state index is 0.335. The molecule has 24 heavy (non-hydrogen) atoms. The normalized spacial score (nSPS) is 28.7. The molecule has 1 aromatic rings. The first kappa shape index (κ1) is 17.2. The number of piperidine rings is 1. The number of nitrogens with zero attached hydrogens (tertiary/aromatic N) is 2. The number of rotatable bonds is 4. The van der Waals surface area contributed by atoms with Crippen molar-refractivity contribution in [2.24, 2.45) is 22.9 Å². The summed E-state index contributed by atoms with van der Waals surface area (Å²) in [5.41, 5.74) is 2.21. The van der Waals surface area contributed by atoms with Gasteiger partial charge >= 0.3 is 0 Å². The fourth-order valence-electron chi connectivity index (χ4n) is 3.99. The number of benzene rings is 1. The Bertz CT molecular complexity index is 638. The van der Waals surface area contributed by atoms with Crippen molar-refractivity contribution in [1.29, 1.82) is 0 Å². The van der Waals surface area contributed by atoms with Crippen LogP contribution in [0.2, 0.25) is 0 Å². The lowest BCUT2D eigenvalue weighted by Gasteiger charge is -2.41. The van der Waals surface area contributed by atoms with Crippen molar-refractivity contribution in [2.75, 3.05) is 13.1 Å². The number of oxime groups is 1. The zero-order chi connectivity index (χ0) is 16.9. The molecule has 1 N–H and O–H groups in total. The van der Waals surface area contributed by atoms with E-state index in [4.69, 9.17) is 11.6 Å². The van der Waals surface area contributed by atoms with Crippen molar-refractivity contribution in [1.82, 2.24) is 4.90 Å². The second-order valence-electron chi connectivity index (χ2n) is 6.87. The fourth-order valence-corrected chi connectivity index (χ4v) is 4.15. The van der Waals surface area contributed by atoms with Gasteiger partial charge in [0.25, 0.3) is 0 Å². The number of likely N-dealkylation sites (tertiary alicyclic amines) is 1. The van der Waals surface area contributed by atoms with Gasteiger partial charge in [0.1, 0.15) is 0 Å². The Hall–Kier alpha value is -1.58. The SMILES string of the molecule is C/C(=N\O)[C@H]1CCN(Cc2ccccc2)C[C@@H]1[C@H]1C=CC(Cl)=CC1. The van der Waals surface area contributed by atoms with Gasteiger partial charge in [-0.05, 0) is 49.8 Å². The molecule has 128 valence electrons. The minimum Gasteiger partial charge on any atom is -0.411 e. The van der Waals surface area contributed by atoms with Crippen LogP contribution in [-0.2, 0) is 6.54 Å². The molecule has 1 aliphatic heterocycles. The molecule has 1 aliphatic carbocycles. The molecular weight excluding hydrogens is 320 g/mol. The van der Waals surface area contributed by atoms with Crippen molar-refractivity contribution in [3.8, 4) is 0 Å². The second-order valence-corrected chi connectivity index (χ2v) is 7.31. The number of hydrogen-bond acceptors (Lipinski definition) is 3. The first-order valence-electron chi connectivity index (χ1n) is 8.66. The molecule has 0 bridgehead atoms. The zero-order valence-corrected chi connectivity index (χ0v) is 14.9. The van der Waals surface area contributed by atoms with Gasteiger partial charge in [0.15, 0.2) is 0 Å². The highest BCUT2D eigenvalue weighted by Crippen LogP contribution is 2.36. The van der Waals surface area contributed by atoms with Crippen LogP contribution in [0.25, 0.3) is 0 Å². The summed E-state index contributed by atoms with van der Waals surface area (Å²) in [6.07, 6.45) is 8.35. The zero-order valence-electron chi connectivity index (χ0n) is 14.1. The Morgan fingerprint density at radius 1 is 1.33 bits per heavy atom. The Kier molecular flexibility index (Phi) is 5.75. The van der Waals surface area contributed by atoms with E-state index in [0.29, 0.717) is 17.8 Å². The van der Waals surface area contributed by atoms with E-state index in [0.717, 1.165) is 43.2 Å². The molecule has 1 fully saturated rings. The van der Waals surface area contributed by atoms with Gasteiger partial charge in [0, 0.05) is 24.0 Å². The minimum atomic E-state index is 0.335. The van der Waals surface area contributed by atoms with E-state index < -0.39 is 0 Å². The smallest absolute Gasteiger partial charge is 0.0574 e. The third kappa shape index (κ3) is 4.08. The van der Waals surface area contributed by atoms with E-state index in [9.17, 15) is 5.21 Å². The first-order chi connectivity index (χ1) is 11.7. The molecule has 1 aromatic carbocycles. The van der Waals surface area contributed by atoms with Gasteiger partial charge in [0.05, 0.1) is 5.71 Å². The Morgan fingerprint density at radius 2 is 2.12 bits per heavy atom. The average molecular weight is 345 g/mol. The van der Waals surface area contributed by atoms with Gasteiger partial charge in [-0.1, -0.05) is 59.2 Å². The van der Waals surface area contributed by atoms with Gasteiger partial charge in [-0.25, -0.2) is 0 Å².